The first-order chi connectivity index (χ1) is 16.1. The zero-order chi connectivity index (χ0) is 26.3. The van der Waals surface area contributed by atoms with Gasteiger partial charge >= 0.3 is 0 Å². The quantitative estimate of drug-likeness (QED) is 0.228. The third kappa shape index (κ3) is 5.34. The van der Waals surface area contributed by atoms with Crippen molar-refractivity contribution in [2.75, 3.05) is 0 Å². The number of rotatable bonds is 4. The first-order valence-corrected chi connectivity index (χ1v) is 11.1. The van der Waals surface area contributed by atoms with Gasteiger partial charge in [-0.15, -0.1) is 0 Å². The summed E-state index contributed by atoms with van der Waals surface area (Å²) in [6.07, 6.45) is 1.42. The van der Waals surface area contributed by atoms with E-state index in [1.807, 2.05) is 32.9 Å². The molecule has 0 spiro atoms. The Morgan fingerprint density at radius 2 is 1.40 bits per heavy atom. The summed E-state index contributed by atoms with van der Waals surface area (Å²) in [5, 5.41) is 11.0. The Labute approximate surface area is 203 Å². The van der Waals surface area contributed by atoms with E-state index in [4.69, 9.17) is 4.74 Å². The van der Waals surface area contributed by atoms with Gasteiger partial charge in [0.25, 0.3) is 0 Å². The van der Waals surface area contributed by atoms with E-state index in [9.17, 15) is 22.7 Å². The molecular formula is C28H29F4NO2. The van der Waals surface area contributed by atoms with E-state index < -0.39 is 34.6 Å². The minimum atomic E-state index is -1.63. The Bertz CT molecular complexity index is 1270. The summed E-state index contributed by atoms with van der Waals surface area (Å²) < 4.78 is 62.0. The summed E-state index contributed by atoms with van der Waals surface area (Å²) in [7, 11) is 0. The van der Waals surface area contributed by atoms with E-state index in [0.717, 1.165) is 18.1 Å². The molecule has 0 saturated heterocycles. The van der Waals surface area contributed by atoms with Crippen molar-refractivity contribution in [2.24, 2.45) is 4.99 Å². The van der Waals surface area contributed by atoms with E-state index >= 15 is 0 Å². The maximum absolute atomic E-state index is 14.4. The summed E-state index contributed by atoms with van der Waals surface area (Å²) >= 11 is 0. The monoisotopic (exact) mass is 487 g/mol. The first kappa shape index (κ1) is 26.3. The second-order valence-electron chi connectivity index (χ2n) is 10.5. The highest BCUT2D eigenvalue weighted by molar-refractivity contribution is 5.87. The topological polar surface area (TPSA) is 41.8 Å². The molecule has 0 saturated carbocycles. The molecule has 3 aromatic carbocycles. The van der Waals surface area contributed by atoms with Gasteiger partial charge in [-0.1, -0.05) is 59.7 Å². The van der Waals surface area contributed by atoms with Crippen LogP contribution in [0.4, 0.5) is 23.2 Å². The normalized spacial score (nSPS) is 12.4. The van der Waals surface area contributed by atoms with Crippen LogP contribution in [0.3, 0.4) is 0 Å². The molecule has 35 heavy (non-hydrogen) atoms. The maximum Gasteiger partial charge on any atom is 0.204 e. The highest BCUT2D eigenvalue weighted by Gasteiger charge is 2.26. The second kappa shape index (κ2) is 9.36. The van der Waals surface area contributed by atoms with Crippen molar-refractivity contribution in [3.8, 4) is 17.2 Å². The number of halogens is 4. The molecule has 0 aliphatic heterocycles. The van der Waals surface area contributed by atoms with Crippen molar-refractivity contribution in [2.45, 2.75) is 59.3 Å². The fourth-order valence-electron chi connectivity index (χ4n) is 3.47. The Hall–Kier alpha value is -3.35. The third-order valence-electron chi connectivity index (χ3n) is 5.68. The number of nitrogens with zero attached hydrogens (tertiary/aromatic N) is 1. The smallest absolute Gasteiger partial charge is 0.204 e. The van der Waals surface area contributed by atoms with E-state index in [1.54, 1.807) is 6.07 Å². The predicted octanol–water partition coefficient (Wildman–Crippen LogP) is 8.39. The third-order valence-corrected chi connectivity index (χ3v) is 5.68. The van der Waals surface area contributed by atoms with Crippen LogP contribution >= 0.6 is 0 Å². The molecule has 0 radical (unpaired) electrons. The van der Waals surface area contributed by atoms with Crippen LogP contribution in [0.2, 0.25) is 0 Å². The van der Waals surface area contributed by atoms with Gasteiger partial charge in [-0.2, -0.15) is 8.78 Å². The van der Waals surface area contributed by atoms with Gasteiger partial charge in [0.15, 0.2) is 17.4 Å². The number of hydrogen-bond acceptors (Lipinski definition) is 3. The molecule has 0 bridgehead atoms. The molecule has 1 N–H and O–H groups in total. The highest BCUT2D eigenvalue weighted by Crippen LogP contribution is 2.39. The predicted molar refractivity (Wildman–Crippen MR) is 130 cm³/mol. The molecular weight excluding hydrogens is 458 g/mol. The number of aromatic hydroxyl groups is 1. The number of aliphatic imine (C=N–C) groups is 1. The molecule has 186 valence electrons. The van der Waals surface area contributed by atoms with Crippen molar-refractivity contribution >= 4 is 11.9 Å². The van der Waals surface area contributed by atoms with Gasteiger partial charge in [-0.05, 0) is 41.5 Å². The molecule has 0 atom stereocenters. The SMILES string of the molecule is Cc1c(F)c(F)c(Oc2ccccc2/N=C/c2cc(C(C)(C)C)cc(C(C)(C)C)c2O)c(F)c1F. The largest absolute Gasteiger partial charge is 0.507 e. The Kier molecular flexibility index (Phi) is 7.02. The molecule has 3 nitrogen and oxygen atoms in total. The minimum Gasteiger partial charge on any atom is -0.507 e. The Morgan fingerprint density at radius 1 is 0.829 bits per heavy atom. The standard InChI is InChI=1S/C28H29F4NO2/c1-15-21(29)23(31)26(24(32)22(15)30)35-20-11-9-8-10-19(20)33-14-16-12-17(27(2,3)4)13-18(25(16)34)28(5,6)7/h8-14,34H,1-7H3/b33-14+. The van der Waals surface area contributed by atoms with Crippen LogP contribution in [-0.4, -0.2) is 11.3 Å². The lowest BCUT2D eigenvalue weighted by Gasteiger charge is -2.27. The fraction of sp³-hybridized carbons (Fsp3) is 0.321. The van der Waals surface area contributed by atoms with Crippen molar-refractivity contribution < 1.29 is 27.4 Å². The minimum absolute atomic E-state index is 0.0624. The zero-order valence-corrected chi connectivity index (χ0v) is 20.9. The van der Waals surface area contributed by atoms with Gasteiger partial charge < -0.3 is 9.84 Å². The maximum atomic E-state index is 14.4. The van der Waals surface area contributed by atoms with Gasteiger partial charge in [-0.3, -0.25) is 4.99 Å². The Balaban J connectivity index is 2.09. The van der Waals surface area contributed by atoms with Crippen LogP contribution in [0, 0.1) is 30.2 Å². The van der Waals surface area contributed by atoms with Crippen molar-refractivity contribution in [1.29, 1.82) is 0 Å². The van der Waals surface area contributed by atoms with Gasteiger partial charge in [0.2, 0.25) is 17.4 Å². The second-order valence-corrected chi connectivity index (χ2v) is 10.5. The molecule has 7 heteroatoms. The lowest BCUT2D eigenvalue weighted by Crippen LogP contribution is -2.17. The summed E-state index contributed by atoms with van der Waals surface area (Å²) in [4.78, 5) is 4.36. The average molecular weight is 488 g/mol. The van der Waals surface area contributed by atoms with Crippen molar-refractivity contribution in [1.82, 2.24) is 0 Å². The number of phenolic OH excluding ortho intramolecular Hbond substituents is 1. The molecule has 3 rings (SSSR count). The summed E-state index contributed by atoms with van der Waals surface area (Å²) in [5.41, 5.74) is 0.997. The van der Waals surface area contributed by atoms with Crippen LogP contribution < -0.4 is 4.74 Å². The molecule has 0 heterocycles. The Morgan fingerprint density at radius 3 is 1.94 bits per heavy atom. The number of para-hydroxylation sites is 2. The number of hydrogen-bond donors (Lipinski definition) is 1. The van der Waals surface area contributed by atoms with Crippen LogP contribution in [0.15, 0.2) is 41.4 Å². The summed E-state index contributed by atoms with van der Waals surface area (Å²) in [6, 6.07) is 9.82. The van der Waals surface area contributed by atoms with E-state index in [-0.39, 0.29) is 28.0 Å². The van der Waals surface area contributed by atoms with Crippen LogP contribution in [0.5, 0.6) is 17.2 Å². The molecule has 0 aliphatic rings. The zero-order valence-electron chi connectivity index (χ0n) is 20.9. The molecule has 0 unspecified atom stereocenters. The van der Waals surface area contributed by atoms with Crippen molar-refractivity contribution in [3.63, 3.8) is 0 Å². The summed E-state index contributed by atoms with van der Waals surface area (Å²) in [5.74, 6) is -7.58. The molecule has 3 aromatic rings. The van der Waals surface area contributed by atoms with E-state index in [1.165, 1.54) is 24.4 Å². The summed E-state index contributed by atoms with van der Waals surface area (Å²) in [6.45, 7) is 13.1. The van der Waals surface area contributed by atoms with Gasteiger partial charge in [0, 0.05) is 22.9 Å². The fourth-order valence-corrected chi connectivity index (χ4v) is 3.47. The lowest BCUT2D eigenvalue weighted by atomic mass is 9.79. The van der Waals surface area contributed by atoms with E-state index in [2.05, 4.69) is 25.8 Å². The highest BCUT2D eigenvalue weighted by atomic mass is 19.2. The lowest BCUT2D eigenvalue weighted by molar-refractivity contribution is 0.363. The number of ether oxygens (including phenoxy) is 1. The average Bonchev–Trinajstić information content (AvgIpc) is 2.77. The van der Waals surface area contributed by atoms with Crippen molar-refractivity contribution in [3.05, 3.63) is 81.9 Å². The van der Waals surface area contributed by atoms with Crippen LogP contribution in [0.25, 0.3) is 0 Å². The molecule has 0 aliphatic carbocycles. The van der Waals surface area contributed by atoms with Crippen LogP contribution in [0.1, 0.15) is 63.8 Å². The molecule has 0 aromatic heterocycles. The van der Waals surface area contributed by atoms with Gasteiger partial charge in [0.05, 0.1) is 0 Å². The van der Waals surface area contributed by atoms with E-state index in [0.29, 0.717) is 5.56 Å². The first-order valence-electron chi connectivity index (χ1n) is 11.1. The number of phenols is 1. The van der Waals surface area contributed by atoms with Gasteiger partial charge in [-0.25, -0.2) is 8.78 Å². The number of benzene rings is 3. The molecule has 0 fully saturated rings. The van der Waals surface area contributed by atoms with Gasteiger partial charge in [0.1, 0.15) is 11.4 Å². The molecule has 0 amide bonds. The van der Waals surface area contributed by atoms with Crippen LogP contribution in [-0.2, 0) is 10.8 Å².